The summed E-state index contributed by atoms with van der Waals surface area (Å²) in [5.74, 6) is -0.823. The van der Waals surface area contributed by atoms with E-state index in [1.807, 2.05) is 18.2 Å². The molecule has 0 aliphatic carbocycles. The molecular weight excluding hydrogens is 369 g/mol. The molecule has 4 rings (SSSR count). The van der Waals surface area contributed by atoms with E-state index < -0.39 is 11.4 Å². The summed E-state index contributed by atoms with van der Waals surface area (Å²) in [6.45, 7) is 0.935. The minimum absolute atomic E-state index is 0.0891. The van der Waals surface area contributed by atoms with Crippen LogP contribution in [0, 0.1) is 5.82 Å². The number of piperidine rings is 1. The van der Waals surface area contributed by atoms with Gasteiger partial charge in [0.25, 0.3) is 0 Å². The third-order valence-electron chi connectivity index (χ3n) is 5.38. The molecule has 140 valence electrons. The number of esters is 1. The van der Waals surface area contributed by atoms with E-state index >= 15 is 0 Å². The van der Waals surface area contributed by atoms with Crippen LogP contribution in [0.5, 0.6) is 0 Å². The lowest BCUT2D eigenvalue weighted by atomic mass is 9.85. The number of ether oxygens (including phenoxy) is 1. The van der Waals surface area contributed by atoms with Crippen LogP contribution in [0.15, 0.2) is 42.5 Å². The van der Waals surface area contributed by atoms with E-state index in [4.69, 9.17) is 16.3 Å². The van der Waals surface area contributed by atoms with Gasteiger partial charge in [-0.05, 0) is 37.5 Å². The number of hydrogen-bond acceptors (Lipinski definition) is 3. The van der Waals surface area contributed by atoms with Gasteiger partial charge in [0.1, 0.15) is 5.82 Å². The highest BCUT2D eigenvalue weighted by Crippen LogP contribution is 2.42. The molecule has 0 saturated carbocycles. The molecule has 2 heterocycles. The zero-order chi connectivity index (χ0) is 19.0. The number of carbonyl (C=O) groups is 2. The van der Waals surface area contributed by atoms with E-state index in [1.54, 1.807) is 23.1 Å². The average Bonchev–Trinajstić information content (AvgIpc) is 2.93. The largest absolute Gasteiger partial charge is 0.449 e. The third kappa shape index (κ3) is 3.21. The van der Waals surface area contributed by atoms with Crippen molar-refractivity contribution in [1.82, 2.24) is 4.90 Å². The fourth-order valence-corrected chi connectivity index (χ4v) is 4.30. The van der Waals surface area contributed by atoms with Crippen molar-refractivity contribution in [2.45, 2.75) is 31.3 Å². The van der Waals surface area contributed by atoms with Crippen LogP contribution in [0.2, 0.25) is 5.02 Å². The first-order chi connectivity index (χ1) is 13.0. The second kappa shape index (κ2) is 6.97. The first-order valence-corrected chi connectivity index (χ1v) is 9.41. The van der Waals surface area contributed by atoms with Crippen molar-refractivity contribution in [2.75, 3.05) is 13.1 Å². The van der Waals surface area contributed by atoms with Crippen molar-refractivity contribution in [1.29, 1.82) is 0 Å². The Bertz CT molecular complexity index is 896. The lowest BCUT2D eigenvalue weighted by Gasteiger charge is -2.39. The number of halogens is 2. The molecule has 1 saturated heterocycles. The van der Waals surface area contributed by atoms with Gasteiger partial charge in [-0.1, -0.05) is 35.9 Å². The SMILES string of the molecule is O=C1OC2(CCCN(C(=O)CCc3c(F)cccc3Cl)C2)c2ccccc21. The smallest absolute Gasteiger partial charge is 0.339 e. The van der Waals surface area contributed by atoms with Gasteiger partial charge in [-0.3, -0.25) is 4.79 Å². The maximum atomic E-state index is 13.9. The van der Waals surface area contributed by atoms with E-state index in [-0.39, 0.29) is 24.7 Å². The summed E-state index contributed by atoms with van der Waals surface area (Å²) in [4.78, 5) is 26.7. The third-order valence-corrected chi connectivity index (χ3v) is 5.74. The second-order valence-corrected chi connectivity index (χ2v) is 7.46. The van der Waals surface area contributed by atoms with E-state index in [0.717, 1.165) is 12.0 Å². The summed E-state index contributed by atoms with van der Waals surface area (Å²) in [6, 6.07) is 11.8. The number of rotatable bonds is 3. The molecule has 0 bridgehead atoms. The van der Waals surface area contributed by atoms with Gasteiger partial charge in [0.05, 0.1) is 12.1 Å². The molecule has 4 nitrogen and oxygen atoms in total. The van der Waals surface area contributed by atoms with Crippen molar-refractivity contribution < 1.29 is 18.7 Å². The molecule has 1 unspecified atom stereocenters. The number of hydrogen-bond donors (Lipinski definition) is 0. The minimum Gasteiger partial charge on any atom is -0.449 e. The van der Waals surface area contributed by atoms with Crippen molar-refractivity contribution in [2.24, 2.45) is 0 Å². The molecule has 2 aliphatic heterocycles. The lowest BCUT2D eigenvalue weighted by molar-refractivity contribution is -0.138. The number of amides is 1. The molecule has 27 heavy (non-hydrogen) atoms. The summed E-state index contributed by atoms with van der Waals surface area (Å²) >= 11 is 6.05. The predicted molar refractivity (Wildman–Crippen MR) is 99.1 cm³/mol. The van der Waals surface area contributed by atoms with Crippen LogP contribution in [0.25, 0.3) is 0 Å². The second-order valence-electron chi connectivity index (χ2n) is 7.05. The summed E-state index contributed by atoms with van der Waals surface area (Å²) in [6.07, 6.45) is 1.84. The molecule has 0 radical (unpaired) electrons. The highest BCUT2D eigenvalue weighted by atomic mass is 35.5. The summed E-state index contributed by atoms with van der Waals surface area (Å²) in [7, 11) is 0. The van der Waals surface area contributed by atoms with Crippen molar-refractivity contribution >= 4 is 23.5 Å². The topological polar surface area (TPSA) is 46.6 Å². The Morgan fingerprint density at radius 1 is 1.22 bits per heavy atom. The molecule has 0 N–H and O–H groups in total. The van der Waals surface area contributed by atoms with Crippen LogP contribution in [0.1, 0.15) is 40.7 Å². The maximum Gasteiger partial charge on any atom is 0.339 e. The van der Waals surface area contributed by atoms with E-state index in [2.05, 4.69) is 0 Å². The molecule has 1 fully saturated rings. The number of fused-ring (bicyclic) bond motifs is 2. The van der Waals surface area contributed by atoms with Gasteiger partial charge in [0.2, 0.25) is 5.91 Å². The van der Waals surface area contributed by atoms with Crippen LogP contribution in [0.3, 0.4) is 0 Å². The Balaban J connectivity index is 1.49. The summed E-state index contributed by atoms with van der Waals surface area (Å²) < 4.78 is 19.7. The highest BCUT2D eigenvalue weighted by molar-refractivity contribution is 6.31. The monoisotopic (exact) mass is 387 g/mol. The zero-order valence-electron chi connectivity index (χ0n) is 14.7. The molecule has 2 aromatic rings. The molecule has 2 aromatic carbocycles. The fraction of sp³-hybridized carbons (Fsp3) is 0.333. The normalized spacial score (nSPS) is 21.3. The van der Waals surface area contributed by atoms with Crippen LogP contribution >= 0.6 is 11.6 Å². The van der Waals surface area contributed by atoms with Crippen molar-refractivity contribution in [3.63, 3.8) is 0 Å². The molecule has 1 spiro atoms. The average molecular weight is 388 g/mol. The number of nitrogens with zero attached hydrogens (tertiary/aromatic N) is 1. The molecule has 6 heteroatoms. The van der Waals surface area contributed by atoms with Crippen LogP contribution in [-0.4, -0.2) is 29.9 Å². The lowest BCUT2D eigenvalue weighted by Crippen LogP contribution is -2.48. The van der Waals surface area contributed by atoms with Crippen LogP contribution in [-0.2, 0) is 21.6 Å². The highest BCUT2D eigenvalue weighted by Gasteiger charge is 2.48. The van der Waals surface area contributed by atoms with Gasteiger partial charge < -0.3 is 9.64 Å². The van der Waals surface area contributed by atoms with E-state index in [1.165, 1.54) is 6.07 Å². The van der Waals surface area contributed by atoms with Crippen LogP contribution < -0.4 is 0 Å². The standard InChI is InChI=1S/C21H19ClFNO3/c22-17-7-3-8-18(23)15(17)9-10-19(25)24-12-4-11-21(13-24)16-6-2-1-5-14(16)20(26)27-21/h1-3,5-8H,4,9-13H2. The molecular formula is C21H19ClFNO3. The first-order valence-electron chi connectivity index (χ1n) is 9.04. The molecule has 2 aliphatic rings. The minimum atomic E-state index is -0.767. The van der Waals surface area contributed by atoms with Gasteiger partial charge >= 0.3 is 5.97 Å². The number of benzene rings is 2. The Labute approximate surface area is 161 Å². The van der Waals surface area contributed by atoms with E-state index in [0.29, 0.717) is 35.7 Å². The van der Waals surface area contributed by atoms with Crippen molar-refractivity contribution in [3.8, 4) is 0 Å². The quantitative estimate of drug-likeness (QED) is 0.745. The maximum absolute atomic E-state index is 13.9. The molecule has 0 aromatic heterocycles. The Kier molecular flexibility index (Phi) is 4.64. The zero-order valence-corrected chi connectivity index (χ0v) is 15.5. The fourth-order valence-electron chi connectivity index (χ4n) is 4.04. The van der Waals surface area contributed by atoms with Crippen molar-refractivity contribution in [3.05, 3.63) is 70.0 Å². The molecule has 1 atom stereocenters. The Morgan fingerprint density at radius 3 is 2.85 bits per heavy atom. The number of carbonyl (C=O) groups excluding carboxylic acids is 2. The van der Waals surface area contributed by atoms with Gasteiger partial charge in [-0.25, -0.2) is 9.18 Å². The predicted octanol–water partition coefficient (Wildman–Crippen LogP) is 4.10. The Morgan fingerprint density at radius 2 is 2.04 bits per heavy atom. The van der Waals surface area contributed by atoms with Gasteiger partial charge in [0.15, 0.2) is 5.60 Å². The van der Waals surface area contributed by atoms with Gasteiger partial charge in [-0.15, -0.1) is 0 Å². The summed E-state index contributed by atoms with van der Waals surface area (Å²) in [5.41, 5.74) is 1.02. The van der Waals surface area contributed by atoms with Gasteiger partial charge in [0, 0.05) is 29.1 Å². The Hall–Kier alpha value is -2.40. The molecule has 1 amide bonds. The van der Waals surface area contributed by atoms with Gasteiger partial charge in [-0.2, -0.15) is 0 Å². The summed E-state index contributed by atoms with van der Waals surface area (Å²) in [5, 5.41) is 0.330. The van der Waals surface area contributed by atoms with Crippen LogP contribution in [0.4, 0.5) is 4.39 Å². The first kappa shape index (κ1) is 18.0. The number of likely N-dealkylation sites (tertiary alicyclic amines) is 1. The van der Waals surface area contributed by atoms with E-state index in [9.17, 15) is 14.0 Å².